The lowest BCUT2D eigenvalue weighted by Crippen LogP contribution is -2.07. The van der Waals surface area contributed by atoms with Crippen molar-refractivity contribution in [1.29, 1.82) is 0 Å². The zero-order valence-electron chi connectivity index (χ0n) is 16.1. The van der Waals surface area contributed by atoms with E-state index in [1.165, 1.54) is 18.2 Å². The van der Waals surface area contributed by atoms with Gasteiger partial charge in [0.2, 0.25) is 0 Å². The second-order valence-electron chi connectivity index (χ2n) is 7.04. The average molecular weight is 358 g/mol. The number of hydrogen-bond acceptors (Lipinski definition) is 4. The molecule has 2 rings (SSSR count). The van der Waals surface area contributed by atoms with Crippen LogP contribution in [0.5, 0.6) is 0 Å². The third-order valence-corrected chi connectivity index (χ3v) is 4.57. The van der Waals surface area contributed by atoms with Gasteiger partial charge in [0.1, 0.15) is 11.5 Å². The minimum atomic E-state index is -0.115. The van der Waals surface area contributed by atoms with Crippen LogP contribution in [0.2, 0.25) is 0 Å². The average Bonchev–Trinajstić information content (AvgIpc) is 3.27. The molecule has 0 unspecified atom stereocenters. The monoisotopic (exact) mass is 358 g/mol. The molecule has 0 fully saturated rings. The lowest BCUT2D eigenvalue weighted by atomic mass is 9.98. The molecule has 1 atom stereocenters. The molecule has 26 heavy (non-hydrogen) atoms. The third-order valence-electron chi connectivity index (χ3n) is 4.57. The molecule has 2 aromatic heterocycles. The van der Waals surface area contributed by atoms with Crippen LogP contribution in [0.4, 0.5) is 0 Å². The van der Waals surface area contributed by atoms with Gasteiger partial charge in [-0.1, -0.05) is 18.6 Å². The SMILES string of the molecule is COC(=O)C[C@H](C)CCCC(C)=CCCc1coc(Cc2ccco2)c1. The van der Waals surface area contributed by atoms with E-state index in [4.69, 9.17) is 13.6 Å². The number of hydrogen-bond donors (Lipinski definition) is 0. The van der Waals surface area contributed by atoms with Crippen molar-refractivity contribution in [2.45, 2.75) is 58.8 Å². The Labute approximate surface area is 156 Å². The van der Waals surface area contributed by atoms with Crippen LogP contribution in [-0.4, -0.2) is 13.1 Å². The van der Waals surface area contributed by atoms with E-state index < -0.39 is 0 Å². The van der Waals surface area contributed by atoms with Crippen LogP contribution in [0.15, 0.2) is 51.2 Å². The van der Waals surface area contributed by atoms with Gasteiger partial charge in [-0.25, -0.2) is 0 Å². The molecule has 0 aliphatic heterocycles. The number of carbonyl (C=O) groups excluding carboxylic acids is 1. The molecule has 0 N–H and O–H groups in total. The molecule has 0 aliphatic carbocycles. The number of rotatable bonds is 11. The normalized spacial score (nSPS) is 13.0. The van der Waals surface area contributed by atoms with Gasteiger partial charge in [0.05, 0.1) is 26.1 Å². The molecule has 0 amide bonds. The summed E-state index contributed by atoms with van der Waals surface area (Å²) < 4.78 is 15.7. The number of furan rings is 2. The lowest BCUT2D eigenvalue weighted by molar-refractivity contribution is -0.141. The fraction of sp³-hybridized carbons (Fsp3) is 0.500. The summed E-state index contributed by atoms with van der Waals surface area (Å²) in [5.41, 5.74) is 2.64. The first-order chi connectivity index (χ1) is 12.6. The van der Waals surface area contributed by atoms with Gasteiger partial charge in [-0.05, 0) is 68.7 Å². The molecule has 0 bridgehead atoms. The van der Waals surface area contributed by atoms with Crippen LogP contribution < -0.4 is 0 Å². The number of esters is 1. The summed E-state index contributed by atoms with van der Waals surface area (Å²) in [5.74, 6) is 2.13. The quantitative estimate of drug-likeness (QED) is 0.381. The fourth-order valence-electron chi connectivity index (χ4n) is 3.02. The highest BCUT2D eigenvalue weighted by molar-refractivity contribution is 5.69. The Morgan fingerprint density at radius 1 is 1.31 bits per heavy atom. The smallest absolute Gasteiger partial charge is 0.305 e. The molecule has 0 radical (unpaired) electrons. The molecule has 0 saturated carbocycles. The predicted molar refractivity (Wildman–Crippen MR) is 102 cm³/mol. The number of aryl methyl sites for hydroxylation is 1. The van der Waals surface area contributed by atoms with Crippen LogP contribution in [0, 0.1) is 5.92 Å². The van der Waals surface area contributed by atoms with Gasteiger partial charge < -0.3 is 13.6 Å². The van der Waals surface area contributed by atoms with Crippen molar-refractivity contribution in [2.24, 2.45) is 5.92 Å². The van der Waals surface area contributed by atoms with Crippen molar-refractivity contribution >= 4 is 5.97 Å². The molecule has 2 aromatic rings. The summed E-state index contributed by atoms with van der Waals surface area (Å²) in [6.07, 6.45) is 12.3. The van der Waals surface area contributed by atoms with E-state index in [1.807, 2.05) is 18.4 Å². The van der Waals surface area contributed by atoms with E-state index in [2.05, 4.69) is 26.0 Å². The van der Waals surface area contributed by atoms with Crippen molar-refractivity contribution in [3.8, 4) is 0 Å². The van der Waals surface area contributed by atoms with Crippen LogP contribution in [0.1, 0.15) is 63.0 Å². The highest BCUT2D eigenvalue weighted by atomic mass is 16.5. The molecular formula is C22H30O4. The Morgan fingerprint density at radius 2 is 2.15 bits per heavy atom. The highest BCUT2D eigenvalue weighted by Crippen LogP contribution is 2.18. The van der Waals surface area contributed by atoms with Gasteiger partial charge in [0.25, 0.3) is 0 Å². The summed E-state index contributed by atoms with van der Waals surface area (Å²) in [7, 11) is 1.45. The van der Waals surface area contributed by atoms with Crippen molar-refractivity contribution in [3.05, 3.63) is 59.5 Å². The summed E-state index contributed by atoms with van der Waals surface area (Å²) in [6.45, 7) is 4.29. The zero-order valence-corrected chi connectivity index (χ0v) is 16.1. The molecule has 2 heterocycles. The van der Waals surface area contributed by atoms with Gasteiger partial charge in [0, 0.05) is 6.42 Å². The van der Waals surface area contributed by atoms with E-state index in [-0.39, 0.29) is 5.97 Å². The van der Waals surface area contributed by atoms with Crippen LogP contribution in [-0.2, 0) is 22.4 Å². The summed E-state index contributed by atoms with van der Waals surface area (Å²) in [4.78, 5) is 11.2. The topological polar surface area (TPSA) is 52.6 Å². The van der Waals surface area contributed by atoms with E-state index in [1.54, 1.807) is 6.26 Å². The first-order valence-electron chi connectivity index (χ1n) is 9.38. The number of carbonyl (C=O) groups is 1. The maximum Gasteiger partial charge on any atom is 0.305 e. The molecule has 0 saturated heterocycles. The number of methoxy groups -OCH3 is 1. The maximum absolute atomic E-state index is 11.2. The molecule has 4 heteroatoms. The lowest BCUT2D eigenvalue weighted by Gasteiger charge is -2.09. The standard InChI is InChI=1S/C22H30O4/c1-17(7-4-9-18(2)13-22(23)24-3)8-5-10-19-14-21(26-16-19)15-20-11-6-12-25-20/h6,8,11-12,14,16,18H,4-5,7,9-10,13,15H2,1-3H3/t18-/m1/s1. The van der Waals surface area contributed by atoms with Gasteiger partial charge >= 0.3 is 5.97 Å². The predicted octanol–water partition coefficient (Wildman–Crippen LogP) is 5.71. The molecule has 4 nitrogen and oxygen atoms in total. The van der Waals surface area contributed by atoms with E-state index in [0.29, 0.717) is 18.8 Å². The largest absolute Gasteiger partial charge is 0.469 e. The summed E-state index contributed by atoms with van der Waals surface area (Å²) in [5, 5.41) is 0. The molecule has 0 spiro atoms. The van der Waals surface area contributed by atoms with Crippen molar-refractivity contribution < 1.29 is 18.4 Å². The Morgan fingerprint density at radius 3 is 2.88 bits per heavy atom. The van der Waals surface area contributed by atoms with Gasteiger partial charge in [-0.3, -0.25) is 4.79 Å². The minimum Gasteiger partial charge on any atom is -0.469 e. The first-order valence-corrected chi connectivity index (χ1v) is 9.38. The Hall–Kier alpha value is -2.23. The number of allylic oxidation sites excluding steroid dienone is 2. The summed E-state index contributed by atoms with van der Waals surface area (Å²) in [6, 6.07) is 5.96. The maximum atomic E-state index is 11.2. The second kappa shape index (κ2) is 10.7. The van der Waals surface area contributed by atoms with Gasteiger partial charge in [0.15, 0.2) is 0 Å². The van der Waals surface area contributed by atoms with Crippen molar-refractivity contribution in [3.63, 3.8) is 0 Å². The van der Waals surface area contributed by atoms with Gasteiger partial charge in [-0.15, -0.1) is 0 Å². The minimum absolute atomic E-state index is 0.115. The van der Waals surface area contributed by atoms with Crippen molar-refractivity contribution in [2.75, 3.05) is 7.11 Å². The Kier molecular flexibility index (Phi) is 8.26. The Balaban J connectivity index is 1.64. The summed E-state index contributed by atoms with van der Waals surface area (Å²) >= 11 is 0. The number of ether oxygens (including phenoxy) is 1. The highest BCUT2D eigenvalue weighted by Gasteiger charge is 2.09. The molecular weight excluding hydrogens is 328 g/mol. The van der Waals surface area contributed by atoms with E-state index in [0.717, 1.165) is 43.6 Å². The second-order valence-corrected chi connectivity index (χ2v) is 7.04. The van der Waals surface area contributed by atoms with Crippen molar-refractivity contribution in [1.82, 2.24) is 0 Å². The Bertz CT molecular complexity index is 679. The first kappa shape index (κ1) is 20.1. The fourth-order valence-corrected chi connectivity index (χ4v) is 3.02. The van der Waals surface area contributed by atoms with Crippen LogP contribution in [0.3, 0.4) is 0 Å². The van der Waals surface area contributed by atoms with Crippen LogP contribution >= 0.6 is 0 Å². The van der Waals surface area contributed by atoms with E-state index in [9.17, 15) is 4.79 Å². The van der Waals surface area contributed by atoms with Crippen LogP contribution in [0.25, 0.3) is 0 Å². The molecule has 0 aromatic carbocycles. The molecule has 0 aliphatic rings. The molecule has 142 valence electrons. The van der Waals surface area contributed by atoms with E-state index >= 15 is 0 Å². The zero-order chi connectivity index (χ0) is 18.8. The third kappa shape index (κ3) is 7.34. The van der Waals surface area contributed by atoms with Gasteiger partial charge in [-0.2, -0.15) is 0 Å².